The molecular formula is C3H6N4. The van der Waals surface area contributed by atoms with Gasteiger partial charge in [-0.05, 0) is 18.7 Å². The predicted octanol–water partition coefficient (Wildman–Crippen LogP) is 1.34. The fourth-order valence-corrected chi connectivity index (χ4v) is 0.146. The minimum atomic E-state index is 0.215. The summed E-state index contributed by atoms with van der Waals surface area (Å²) in [5, 5.41) is 3.14. The molecule has 0 aromatic rings. The van der Waals surface area contributed by atoms with Gasteiger partial charge in [0.1, 0.15) is 6.67 Å². The van der Waals surface area contributed by atoms with Crippen LogP contribution in [0.4, 0.5) is 0 Å². The lowest BCUT2D eigenvalue weighted by Gasteiger charge is -1.70. The van der Waals surface area contributed by atoms with Gasteiger partial charge < -0.3 is 0 Å². The van der Waals surface area contributed by atoms with Crippen molar-refractivity contribution < 1.29 is 0 Å². The summed E-state index contributed by atoms with van der Waals surface area (Å²) in [6.07, 6.45) is 1.59. The van der Waals surface area contributed by atoms with Crippen molar-refractivity contribution in [2.45, 2.75) is 6.92 Å². The zero-order chi connectivity index (χ0) is 5.54. The van der Waals surface area contributed by atoms with E-state index in [4.69, 9.17) is 5.53 Å². The molecule has 0 spiro atoms. The Hall–Kier alpha value is -1.02. The first-order valence-corrected chi connectivity index (χ1v) is 1.87. The van der Waals surface area contributed by atoms with E-state index >= 15 is 0 Å². The predicted molar refractivity (Wildman–Crippen MR) is 28.2 cm³/mol. The van der Waals surface area contributed by atoms with Gasteiger partial charge >= 0.3 is 0 Å². The van der Waals surface area contributed by atoms with Crippen LogP contribution in [-0.2, 0) is 0 Å². The van der Waals surface area contributed by atoms with E-state index in [0.717, 1.165) is 0 Å². The monoisotopic (exact) mass is 98.1 g/mol. The van der Waals surface area contributed by atoms with Crippen molar-refractivity contribution in [3.63, 3.8) is 0 Å². The van der Waals surface area contributed by atoms with Crippen LogP contribution in [0.1, 0.15) is 6.92 Å². The lowest BCUT2D eigenvalue weighted by Crippen LogP contribution is -1.66. The molecule has 0 atom stereocenters. The number of azide groups is 1. The van der Waals surface area contributed by atoms with Crippen LogP contribution in [0.3, 0.4) is 0 Å². The molecule has 0 unspecified atom stereocenters. The van der Waals surface area contributed by atoms with Crippen LogP contribution in [0.2, 0.25) is 0 Å². The molecule has 0 heterocycles. The Balaban J connectivity index is 3.15. The van der Waals surface area contributed by atoms with Crippen molar-refractivity contribution in [3.05, 3.63) is 10.4 Å². The van der Waals surface area contributed by atoms with Crippen molar-refractivity contribution in [3.8, 4) is 0 Å². The van der Waals surface area contributed by atoms with Crippen LogP contribution >= 0.6 is 0 Å². The highest BCUT2D eigenvalue weighted by atomic mass is 15.2. The third-order valence-corrected chi connectivity index (χ3v) is 0.391. The quantitative estimate of drug-likeness (QED) is 0.216. The Bertz CT molecular complexity index is 99.5. The van der Waals surface area contributed by atoms with E-state index in [-0.39, 0.29) is 6.67 Å². The highest BCUT2D eigenvalue weighted by Crippen LogP contribution is 1.68. The van der Waals surface area contributed by atoms with E-state index in [2.05, 4.69) is 15.0 Å². The molecule has 0 bridgehead atoms. The molecule has 0 N–H and O–H groups in total. The van der Waals surface area contributed by atoms with Crippen LogP contribution < -0.4 is 0 Å². The second kappa shape index (κ2) is 4.98. The summed E-state index contributed by atoms with van der Waals surface area (Å²) < 4.78 is 0. The minimum Gasteiger partial charge on any atom is -0.292 e. The summed E-state index contributed by atoms with van der Waals surface area (Å²) in [7, 11) is 0. The van der Waals surface area contributed by atoms with Gasteiger partial charge in [-0.3, -0.25) is 4.99 Å². The molecule has 38 valence electrons. The van der Waals surface area contributed by atoms with Crippen molar-refractivity contribution in [2.24, 2.45) is 10.1 Å². The minimum absolute atomic E-state index is 0.215. The van der Waals surface area contributed by atoms with Crippen molar-refractivity contribution in [1.82, 2.24) is 0 Å². The largest absolute Gasteiger partial charge is 0.292 e. The SMILES string of the molecule is CC=NCN=[N+]=[N-]. The molecule has 0 saturated carbocycles. The first-order chi connectivity index (χ1) is 3.41. The Kier molecular flexibility index (Phi) is 4.25. The summed E-state index contributed by atoms with van der Waals surface area (Å²) in [6.45, 7) is 1.99. The molecule has 0 aromatic carbocycles. The molecule has 0 rings (SSSR count). The summed E-state index contributed by atoms with van der Waals surface area (Å²) in [5.41, 5.74) is 7.68. The highest BCUT2D eigenvalue weighted by Gasteiger charge is 1.61. The number of aliphatic imine (C=N–C) groups is 1. The third-order valence-electron chi connectivity index (χ3n) is 0.391. The molecular weight excluding hydrogens is 92.1 g/mol. The summed E-state index contributed by atoms with van der Waals surface area (Å²) in [5.74, 6) is 0. The third kappa shape index (κ3) is 4.98. The number of hydrogen-bond donors (Lipinski definition) is 0. The van der Waals surface area contributed by atoms with Gasteiger partial charge in [-0.1, -0.05) is 5.11 Å². The van der Waals surface area contributed by atoms with E-state index in [1.54, 1.807) is 13.1 Å². The Morgan fingerprint density at radius 2 is 2.57 bits per heavy atom. The molecule has 0 radical (unpaired) electrons. The van der Waals surface area contributed by atoms with E-state index in [9.17, 15) is 0 Å². The Morgan fingerprint density at radius 1 is 1.86 bits per heavy atom. The van der Waals surface area contributed by atoms with Crippen molar-refractivity contribution in [1.29, 1.82) is 0 Å². The second-order valence-corrected chi connectivity index (χ2v) is 0.813. The average Bonchev–Trinajstić information content (AvgIpc) is 1.69. The van der Waals surface area contributed by atoms with Gasteiger partial charge in [0.05, 0.1) is 0 Å². The number of rotatable bonds is 2. The van der Waals surface area contributed by atoms with Crippen molar-refractivity contribution >= 4 is 6.21 Å². The lowest BCUT2D eigenvalue weighted by molar-refractivity contribution is 1.05. The van der Waals surface area contributed by atoms with Gasteiger partial charge in [0.2, 0.25) is 0 Å². The first-order valence-electron chi connectivity index (χ1n) is 1.87. The zero-order valence-corrected chi connectivity index (χ0v) is 4.07. The standard InChI is InChI=1S/C3H6N4/c1-2-5-3-6-7-4/h2H,3H2,1H3. The maximum atomic E-state index is 7.68. The van der Waals surface area contributed by atoms with Gasteiger partial charge in [0, 0.05) is 4.91 Å². The fraction of sp³-hybridized carbons (Fsp3) is 0.667. The number of nitrogens with zero attached hydrogens (tertiary/aromatic N) is 4. The smallest absolute Gasteiger partial charge is 0.117 e. The van der Waals surface area contributed by atoms with Crippen molar-refractivity contribution in [2.75, 3.05) is 6.67 Å². The average molecular weight is 98.1 g/mol. The fourth-order valence-electron chi connectivity index (χ4n) is 0.146. The van der Waals surface area contributed by atoms with Gasteiger partial charge in [-0.2, -0.15) is 0 Å². The molecule has 4 nitrogen and oxygen atoms in total. The zero-order valence-electron chi connectivity index (χ0n) is 4.07. The van der Waals surface area contributed by atoms with Crippen LogP contribution in [0.25, 0.3) is 10.4 Å². The maximum absolute atomic E-state index is 7.68. The molecule has 0 fully saturated rings. The second-order valence-electron chi connectivity index (χ2n) is 0.813. The van der Waals surface area contributed by atoms with E-state index < -0.39 is 0 Å². The Morgan fingerprint density at radius 3 is 3.00 bits per heavy atom. The van der Waals surface area contributed by atoms with Crippen LogP contribution in [-0.4, -0.2) is 12.9 Å². The molecule has 0 aliphatic heterocycles. The lowest BCUT2D eigenvalue weighted by atomic mass is 10.9. The van der Waals surface area contributed by atoms with Gasteiger partial charge in [0.15, 0.2) is 0 Å². The van der Waals surface area contributed by atoms with Gasteiger partial charge in [-0.15, -0.1) is 0 Å². The normalized spacial score (nSPS) is 8.71. The summed E-state index contributed by atoms with van der Waals surface area (Å²) in [4.78, 5) is 6.10. The van der Waals surface area contributed by atoms with Gasteiger partial charge in [0.25, 0.3) is 0 Å². The molecule has 0 saturated heterocycles. The molecule has 7 heavy (non-hydrogen) atoms. The highest BCUT2D eigenvalue weighted by molar-refractivity contribution is 5.52. The van der Waals surface area contributed by atoms with E-state index in [1.807, 2.05) is 0 Å². The van der Waals surface area contributed by atoms with Crippen LogP contribution in [0.15, 0.2) is 10.1 Å². The summed E-state index contributed by atoms with van der Waals surface area (Å²) >= 11 is 0. The molecule has 0 amide bonds. The van der Waals surface area contributed by atoms with Crippen LogP contribution in [0.5, 0.6) is 0 Å². The number of hydrogen-bond acceptors (Lipinski definition) is 2. The molecule has 0 aromatic heterocycles. The first kappa shape index (κ1) is 5.98. The molecule has 0 aliphatic rings. The molecule has 4 heteroatoms. The van der Waals surface area contributed by atoms with Gasteiger partial charge in [-0.25, -0.2) is 0 Å². The van der Waals surface area contributed by atoms with Crippen LogP contribution in [0, 0.1) is 0 Å². The topological polar surface area (TPSA) is 61.1 Å². The maximum Gasteiger partial charge on any atom is 0.117 e. The molecule has 0 aliphatic carbocycles. The summed E-state index contributed by atoms with van der Waals surface area (Å²) in [6, 6.07) is 0. The van der Waals surface area contributed by atoms with E-state index in [1.165, 1.54) is 0 Å². The van der Waals surface area contributed by atoms with E-state index in [0.29, 0.717) is 0 Å². The Labute approximate surface area is 41.5 Å².